The fourth-order valence-corrected chi connectivity index (χ4v) is 2.74. The molecule has 0 aromatic carbocycles. The van der Waals surface area contributed by atoms with Crippen molar-refractivity contribution in [3.63, 3.8) is 0 Å². The summed E-state index contributed by atoms with van der Waals surface area (Å²) in [6.07, 6.45) is 3.02. The number of nitrogens with one attached hydrogen (secondary N) is 2. The van der Waals surface area contributed by atoms with Gasteiger partial charge in [0.05, 0.1) is 24.0 Å². The molecule has 2 N–H and O–H groups in total. The van der Waals surface area contributed by atoms with Crippen LogP contribution in [0.4, 0.5) is 0 Å². The van der Waals surface area contributed by atoms with Crippen molar-refractivity contribution in [1.82, 2.24) is 15.0 Å². The second kappa shape index (κ2) is 7.96. The summed E-state index contributed by atoms with van der Waals surface area (Å²) in [5, 5.41) is 2.70. The number of rotatable bonds is 8. The Balaban J connectivity index is 2.41. The average molecular weight is 299 g/mol. The maximum absolute atomic E-state index is 11.7. The minimum Gasteiger partial charge on any atom is -0.347 e. The minimum atomic E-state index is -3.37. The van der Waals surface area contributed by atoms with Crippen LogP contribution in [0.3, 0.4) is 0 Å². The number of amides is 1. The van der Waals surface area contributed by atoms with Crippen molar-refractivity contribution >= 4 is 15.9 Å². The van der Waals surface area contributed by atoms with Crippen LogP contribution in [0.2, 0.25) is 0 Å². The van der Waals surface area contributed by atoms with E-state index in [1.165, 1.54) is 0 Å². The molecule has 7 heteroatoms. The Morgan fingerprint density at radius 1 is 1.40 bits per heavy atom. The van der Waals surface area contributed by atoms with Crippen LogP contribution in [0.15, 0.2) is 24.4 Å². The van der Waals surface area contributed by atoms with Gasteiger partial charge in [0.15, 0.2) is 0 Å². The van der Waals surface area contributed by atoms with E-state index in [4.69, 9.17) is 0 Å². The summed E-state index contributed by atoms with van der Waals surface area (Å²) in [5.74, 6) is -0.324. The fraction of sp³-hybridized carbons (Fsp3) is 0.538. The average Bonchev–Trinajstić information content (AvgIpc) is 2.44. The molecule has 1 rings (SSSR count). The number of hydrogen-bond donors (Lipinski definition) is 2. The topological polar surface area (TPSA) is 88.2 Å². The van der Waals surface area contributed by atoms with Gasteiger partial charge >= 0.3 is 0 Å². The summed E-state index contributed by atoms with van der Waals surface area (Å²) in [7, 11) is -3.37. The SMILES string of the molecule is CCCCS(=O)(=O)NCC(=O)NC(C)c1ccccn1. The molecule has 1 unspecified atom stereocenters. The lowest BCUT2D eigenvalue weighted by molar-refractivity contribution is -0.120. The molecule has 0 aliphatic heterocycles. The molecule has 6 nitrogen and oxygen atoms in total. The quantitative estimate of drug-likeness (QED) is 0.749. The number of pyridine rings is 1. The number of unbranched alkanes of at least 4 members (excludes halogenated alkanes) is 1. The Bertz CT molecular complexity index is 517. The third-order valence-electron chi connectivity index (χ3n) is 2.73. The lowest BCUT2D eigenvalue weighted by Crippen LogP contribution is -2.39. The normalized spacial score (nSPS) is 12.9. The van der Waals surface area contributed by atoms with Crippen LogP contribution in [0.25, 0.3) is 0 Å². The minimum absolute atomic E-state index is 0.0482. The third kappa shape index (κ3) is 6.12. The van der Waals surface area contributed by atoms with Gasteiger partial charge in [-0.1, -0.05) is 19.4 Å². The fourth-order valence-electron chi connectivity index (χ4n) is 1.58. The van der Waals surface area contributed by atoms with Crippen molar-refractivity contribution in [2.75, 3.05) is 12.3 Å². The predicted molar refractivity (Wildman–Crippen MR) is 77.5 cm³/mol. The Hall–Kier alpha value is -1.47. The second-order valence-electron chi connectivity index (χ2n) is 4.54. The maximum Gasteiger partial charge on any atom is 0.235 e. The van der Waals surface area contributed by atoms with Gasteiger partial charge in [0.1, 0.15) is 0 Å². The van der Waals surface area contributed by atoms with Crippen molar-refractivity contribution in [3.8, 4) is 0 Å². The zero-order chi connectivity index (χ0) is 15.0. The number of aromatic nitrogens is 1. The summed E-state index contributed by atoms with van der Waals surface area (Å²) in [5.41, 5.74) is 0.731. The molecule has 0 aliphatic carbocycles. The number of carbonyl (C=O) groups excluding carboxylic acids is 1. The van der Waals surface area contributed by atoms with Crippen LogP contribution in [-0.2, 0) is 14.8 Å². The van der Waals surface area contributed by atoms with Crippen molar-refractivity contribution < 1.29 is 13.2 Å². The van der Waals surface area contributed by atoms with E-state index in [9.17, 15) is 13.2 Å². The van der Waals surface area contributed by atoms with Crippen LogP contribution in [-0.4, -0.2) is 31.6 Å². The molecule has 0 aliphatic rings. The van der Waals surface area contributed by atoms with E-state index in [0.717, 1.165) is 12.1 Å². The molecule has 1 aromatic heterocycles. The van der Waals surface area contributed by atoms with Gasteiger partial charge in [0.2, 0.25) is 15.9 Å². The highest BCUT2D eigenvalue weighted by Gasteiger charge is 2.14. The molecule has 0 radical (unpaired) electrons. The smallest absolute Gasteiger partial charge is 0.235 e. The van der Waals surface area contributed by atoms with Crippen molar-refractivity contribution in [1.29, 1.82) is 0 Å². The third-order valence-corrected chi connectivity index (χ3v) is 4.14. The predicted octanol–water partition coefficient (Wildman–Crippen LogP) is 0.978. The zero-order valence-electron chi connectivity index (χ0n) is 11.8. The van der Waals surface area contributed by atoms with Gasteiger partial charge in [-0.05, 0) is 25.5 Å². The largest absolute Gasteiger partial charge is 0.347 e. The van der Waals surface area contributed by atoms with Gasteiger partial charge in [0.25, 0.3) is 0 Å². The van der Waals surface area contributed by atoms with E-state index in [1.807, 2.05) is 13.0 Å². The molecule has 112 valence electrons. The molecule has 0 spiro atoms. The lowest BCUT2D eigenvalue weighted by atomic mass is 10.2. The van der Waals surface area contributed by atoms with Gasteiger partial charge in [-0.3, -0.25) is 9.78 Å². The molecule has 0 bridgehead atoms. The Kier molecular flexibility index (Phi) is 6.60. The van der Waals surface area contributed by atoms with Gasteiger partial charge in [0, 0.05) is 6.20 Å². The van der Waals surface area contributed by atoms with Crippen LogP contribution in [0, 0.1) is 0 Å². The molecule has 1 atom stereocenters. The Labute approximate surface area is 120 Å². The first-order chi connectivity index (χ1) is 9.44. The van der Waals surface area contributed by atoms with Gasteiger partial charge < -0.3 is 5.32 Å². The highest BCUT2D eigenvalue weighted by molar-refractivity contribution is 7.89. The molecule has 20 heavy (non-hydrogen) atoms. The number of hydrogen-bond acceptors (Lipinski definition) is 4. The van der Waals surface area contributed by atoms with Crippen LogP contribution in [0.1, 0.15) is 38.4 Å². The van der Waals surface area contributed by atoms with Gasteiger partial charge in [-0.25, -0.2) is 13.1 Å². The highest BCUT2D eigenvalue weighted by atomic mass is 32.2. The lowest BCUT2D eigenvalue weighted by Gasteiger charge is -2.13. The van der Waals surface area contributed by atoms with Crippen molar-refractivity contribution in [2.45, 2.75) is 32.7 Å². The summed E-state index contributed by atoms with van der Waals surface area (Å²) >= 11 is 0. The molecule has 0 saturated heterocycles. The molecular formula is C13H21N3O3S. The van der Waals surface area contributed by atoms with E-state index in [1.54, 1.807) is 25.3 Å². The van der Waals surface area contributed by atoms with Crippen LogP contribution >= 0.6 is 0 Å². The van der Waals surface area contributed by atoms with Gasteiger partial charge in [-0.15, -0.1) is 0 Å². The summed E-state index contributed by atoms with van der Waals surface area (Å²) < 4.78 is 25.4. The summed E-state index contributed by atoms with van der Waals surface area (Å²) in [6.45, 7) is 3.46. The molecular weight excluding hydrogens is 278 g/mol. The molecule has 0 fully saturated rings. The van der Waals surface area contributed by atoms with E-state index in [0.29, 0.717) is 6.42 Å². The van der Waals surface area contributed by atoms with Crippen molar-refractivity contribution in [3.05, 3.63) is 30.1 Å². The molecule has 1 aromatic rings. The molecule has 1 amide bonds. The first-order valence-corrected chi connectivity index (χ1v) is 8.27. The molecule has 1 heterocycles. The standard InChI is InChI=1S/C13H21N3O3S/c1-3-4-9-20(18,19)15-10-13(17)16-11(2)12-7-5-6-8-14-12/h5-8,11,15H,3-4,9-10H2,1-2H3,(H,16,17). The summed E-state index contributed by atoms with van der Waals surface area (Å²) in [4.78, 5) is 15.8. The van der Waals surface area contributed by atoms with E-state index in [-0.39, 0.29) is 24.2 Å². The van der Waals surface area contributed by atoms with E-state index >= 15 is 0 Å². The first-order valence-electron chi connectivity index (χ1n) is 6.62. The Morgan fingerprint density at radius 3 is 2.75 bits per heavy atom. The van der Waals surface area contributed by atoms with E-state index < -0.39 is 10.0 Å². The number of nitrogens with zero attached hydrogens (tertiary/aromatic N) is 1. The van der Waals surface area contributed by atoms with Gasteiger partial charge in [-0.2, -0.15) is 0 Å². The monoisotopic (exact) mass is 299 g/mol. The first kappa shape index (κ1) is 16.6. The summed E-state index contributed by atoms with van der Waals surface area (Å²) in [6, 6.07) is 5.16. The van der Waals surface area contributed by atoms with Crippen molar-refractivity contribution in [2.24, 2.45) is 0 Å². The Morgan fingerprint density at radius 2 is 2.15 bits per heavy atom. The van der Waals surface area contributed by atoms with Crippen LogP contribution in [0.5, 0.6) is 0 Å². The number of sulfonamides is 1. The maximum atomic E-state index is 11.7. The van der Waals surface area contributed by atoms with E-state index in [2.05, 4.69) is 15.0 Å². The molecule has 0 saturated carbocycles. The second-order valence-corrected chi connectivity index (χ2v) is 6.46. The number of carbonyl (C=O) groups is 1. The zero-order valence-corrected chi connectivity index (χ0v) is 12.6. The van der Waals surface area contributed by atoms with Crippen LogP contribution < -0.4 is 10.0 Å². The highest BCUT2D eigenvalue weighted by Crippen LogP contribution is 2.07.